The highest BCUT2D eigenvalue weighted by atomic mass is 16.5. The second-order valence-electron chi connectivity index (χ2n) is 19.6. The lowest BCUT2D eigenvalue weighted by molar-refractivity contribution is -0.143. The minimum Gasteiger partial charge on any atom is -0.466 e. The van der Waals surface area contributed by atoms with Crippen LogP contribution < -0.4 is 5.32 Å². The molecule has 6 nitrogen and oxygen atoms in total. The summed E-state index contributed by atoms with van der Waals surface area (Å²) < 4.78 is 5.48. The first-order chi connectivity index (χ1) is 31.0. The van der Waals surface area contributed by atoms with Gasteiger partial charge >= 0.3 is 5.97 Å². The van der Waals surface area contributed by atoms with Gasteiger partial charge < -0.3 is 20.3 Å². The van der Waals surface area contributed by atoms with Crippen molar-refractivity contribution in [2.24, 2.45) is 0 Å². The molecule has 0 aliphatic heterocycles. The monoisotopic (exact) mass is 890 g/mol. The van der Waals surface area contributed by atoms with E-state index in [1.54, 1.807) is 6.08 Å². The van der Waals surface area contributed by atoms with E-state index in [1.807, 2.05) is 6.08 Å². The number of ether oxygens (including phenoxy) is 1. The predicted octanol–water partition coefficient (Wildman–Crippen LogP) is 17.3. The van der Waals surface area contributed by atoms with Gasteiger partial charge in [-0.15, -0.1) is 0 Å². The Morgan fingerprint density at radius 2 is 0.730 bits per heavy atom. The molecule has 63 heavy (non-hydrogen) atoms. The molecule has 0 aliphatic rings. The fourth-order valence-electron chi connectivity index (χ4n) is 8.93. The van der Waals surface area contributed by atoms with E-state index in [2.05, 4.69) is 19.2 Å². The lowest BCUT2D eigenvalue weighted by atomic mass is 10.0. The van der Waals surface area contributed by atoms with E-state index < -0.39 is 12.1 Å². The number of unbranched alkanes of at least 4 members (excludes halogenated alkanes) is 42. The molecule has 0 bridgehead atoms. The highest BCUT2D eigenvalue weighted by molar-refractivity contribution is 5.76. The van der Waals surface area contributed by atoms with Crippen molar-refractivity contribution in [2.45, 2.75) is 328 Å². The Kier molecular flexibility index (Phi) is 52.0. The highest BCUT2D eigenvalue weighted by Crippen LogP contribution is 2.17. The van der Waals surface area contributed by atoms with Crippen molar-refractivity contribution in [2.75, 3.05) is 13.2 Å². The zero-order chi connectivity index (χ0) is 45.8. The molecule has 0 heterocycles. The summed E-state index contributed by atoms with van der Waals surface area (Å²) >= 11 is 0. The van der Waals surface area contributed by atoms with Gasteiger partial charge in [0.25, 0.3) is 0 Å². The number of nitrogens with one attached hydrogen (secondary N) is 1. The fraction of sp³-hybridized carbons (Fsp3) is 0.930. The summed E-state index contributed by atoms with van der Waals surface area (Å²) in [6, 6.07) is -0.630. The molecule has 374 valence electrons. The fourth-order valence-corrected chi connectivity index (χ4v) is 8.93. The number of aliphatic hydroxyl groups excluding tert-OH is 2. The van der Waals surface area contributed by atoms with Crippen LogP contribution >= 0.6 is 0 Å². The number of amides is 1. The van der Waals surface area contributed by atoms with E-state index in [0.717, 1.165) is 38.5 Å². The second-order valence-corrected chi connectivity index (χ2v) is 19.6. The number of allylic oxidation sites excluding steroid dienone is 1. The van der Waals surface area contributed by atoms with Gasteiger partial charge in [-0.25, -0.2) is 0 Å². The van der Waals surface area contributed by atoms with E-state index in [4.69, 9.17) is 4.74 Å². The van der Waals surface area contributed by atoms with Gasteiger partial charge in [-0.3, -0.25) is 9.59 Å². The van der Waals surface area contributed by atoms with E-state index in [-0.39, 0.29) is 18.5 Å². The van der Waals surface area contributed by atoms with Crippen molar-refractivity contribution < 1.29 is 24.5 Å². The quantitative estimate of drug-likeness (QED) is 0.0321. The van der Waals surface area contributed by atoms with Crippen molar-refractivity contribution >= 4 is 11.9 Å². The van der Waals surface area contributed by atoms with Crippen LogP contribution in [0.25, 0.3) is 0 Å². The predicted molar refractivity (Wildman–Crippen MR) is 273 cm³/mol. The van der Waals surface area contributed by atoms with Crippen LogP contribution in [0.3, 0.4) is 0 Å². The largest absolute Gasteiger partial charge is 0.466 e. The van der Waals surface area contributed by atoms with E-state index >= 15 is 0 Å². The number of esters is 1. The van der Waals surface area contributed by atoms with Crippen molar-refractivity contribution in [3.8, 4) is 0 Å². The van der Waals surface area contributed by atoms with Gasteiger partial charge in [0.05, 0.1) is 25.4 Å². The number of rotatable bonds is 53. The van der Waals surface area contributed by atoms with E-state index in [1.165, 1.54) is 250 Å². The molecule has 2 unspecified atom stereocenters. The average Bonchev–Trinajstić information content (AvgIpc) is 3.28. The third kappa shape index (κ3) is 49.9. The number of hydrogen-bond donors (Lipinski definition) is 3. The average molecular weight is 891 g/mol. The Morgan fingerprint density at radius 1 is 0.429 bits per heavy atom. The zero-order valence-electron chi connectivity index (χ0n) is 42.6. The number of hydrogen-bond acceptors (Lipinski definition) is 5. The lowest BCUT2D eigenvalue weighted by Crippen LogP contribution is -2.45. The van der Waals surface area contributed by atoms with Crippen LogP contribution in [0.4, 0.5) is 0 Å². The first-order valence-electron chi connectivity index (χ1n) is 28.5. The minimum atomic E-state index is -0.846. The van der Waals surface area contributed by atoms with E-state index in [0.29, 0.717) is 19.4 Å². The van der Waals surface area contributed by atoms with Crippen LogP contribution in [0, 0.1) is 0 Å². The molecule has 0 saturated heterocycles. The van der Waals surface area contributed by atoms with Crippen molar-refractivity contribution in [3.05, 3.63) is 12.2 Å². The standard InChI is InChI=1S/C57H111NO5/c1-3-5-7-9-11-13-15-17-22-27-31-35-39-43-47-51-57(62)63-52-48-44-40-36-32-28-24-21-19-20-23-26-30-34-38-42-46-50-56(61)58-54(53-59)55(60)49-45-41-37-33-29-25-18-16-14-12-10-8-6-4-2/h45,49,54-55,59-60H,3-44,46-48,50-53H2,1-2H3,(H,58,61)/b49-45+. The van der Waals surface area contributed by atoms with Crippen LogP contribution in [-0.4, -0.2) is 47.4 Å². The van der Waals surface area contributed by atoms with Crippen LogP contribution in [0.5, 0.6) is 0 Å². The smallest absolute Gasteiger partial charge is 0.305 e. The Morgan fingerprint density at radius 3 is 1.08 bits per heavy atom. The summed E-state index contributed by atoms with van der Waals surface area (Å²) in [4.78, 5) is 24.5. The van der Waals surface area contributed by atoms with Gasteiger partial charge in [0.1, 0.15) is 0 Å². The molecular weight excluding hydrogens is 779 g/mol. The number of carbonyl (C=O) groups excluding carboxylic acids is 2. The SMILES string of the molecule is CCCCCCCCCCCCCC/C=C/C(O)C(CO)NC(=O)CCCCCCCCCCCCCCCCCCCOC(=O)CCCCCCCCCCCCCCCCC. The molecule has 3 N–H and O–H groups in total. The molecule has 2 atom stereocenters. The minimum absolute atomic E-state index is 0.00771. The first-order valence-corrected chi connectivity index (χ1v) is 28.5. The third-order valence-electron chi connectivity index (χ3n) is 13.3. The molecule has 0 aromatic rings. The molecule has 0 rings (SSSR count). The molecule has 0 fully saturated rings. The van der Waals surface area contributed by atoms with Gasteiger partial charge in [0.2, 0.25) is 5.91 Å². The summed E-state index contributed by atoms with van der Waals surface area (Å²) in [5, 5.41) is 23.1. The maximum Gasteiger partial charge on any atom is 0.305 e. The van der Waals surface area contributed by atoms with E-state index in [9.17, 15) is 19.8 Å². The Labute approximate surface area is 393 Å². The van der Waals surface area contributed by atoms with Crippen LogP contribution in [0.2, 0.25) is 0 Å². The van der Waals surface area contributed by atoms with Crippen LogP contribution in [-0.2, 0) is 14.3 Å². The van der Waals surface area contributed by atoms with Crippen LogP contribution in [0.1, 0.15) is 316 Å². The van der Waals surface area contributed by atoms with Gasteiger partial charge in [-0.05, 0) is 32.1 Å². The molecule has 1 amide bonds. The summed E-state index contributed by atoms with van der Waals surface area (Å²) in [7, 11) is 0. The molecule has 0 aromatic carbocycles. The summed E-state index contributed by atoms with van der Waals surface area (Å²) in [6.07, 6.45) is 62.2. The molecule has 0 spiro atoms. The Bertz CT molecular complexity index is 939. The number of carbonyl (C=O) groups is 2. The van der Waals surface area contributed by atoms with Crippen LogP contribution in [0.15, 0.2) is 12.2 Å². The topological polar surface area (TPSA) is 95.9 Å². The molecule has 0 aromatic heterocycles. The maximum atomic E-state index is 12.4. The van der Waals surface area contributed by atoms with Gasteiger partial charge in [-0.2, -0.15) is 0 Å². The molecular formula is C57H111NO5. The Balaban J connectivity index is 3.42. The van der Waals surface area contributed by atoms with Crippen molar-refractivity contribution in [1.82, 2.24) is 5.32 Å². The second kappa shape index (κ2) is 53.2. The van der Waals surface area contributed by atoms with Crippen molar-refractivity contribution in [1.29, 1.82) is 0 Å². The normalized spacial score (nSPS) is 12.6. The molecule has 0 radical (unpaired) electrons. The summed E-state index contributed by atoms with van der Waals surface area (Å²) in [5.41, 5.74) is 0. The van der Waals surface area contributed by atoms with Gasteiger partial charge in [-0.1, -0.05) is 283 Å². The zero-order valence-corrected chi connectivity index (χ0v) is 42.6. The third-order valence-corrected chi connectivity index (χ3v) is 13.3. The van der Waals surface area contributed by atoms with Crippen molar-refractivity contribution in [3.63, 3.8) is 0 Å². The Hall–Kier alpha value is -1.40. The molecule has 6 heteroatoms. The maximum absolute atomic E-state index is 12.4. The van der Waals surface area contributed by atoms with Gasteiger partial charge in [0.15, 0.2) is 0 Å². The molecule has 0 aliphatic carbocycles. The summed E-state index contributed by atoms with van der Waals surface area (Å²) in [5.74, 6) is -0.0641. The number of aliphatic hydroxyl groups is 2. The lowest BCUT2D eigenvalue weighted by Gasteiger charge is -2.20. The highest BCUT2D eigenvalue weighted by Gasteiger charge is 2.18. The first kappa shape index (κ1) is 61.6. The van der Waals surface area contributed by atoms with Gasteiger partial charge in [0, 0.05) is 12.8 Å². The molecule has 0 saturated carbocycles. The summed E-state index contributed by atoms with van der Waals surface area (Å²) in [6.45, 7) is 4.91.